The molecular formula is C12H23N3OS. The summed E-state index contributed by atoms with van der Waals surface area (Å²) in [6.07, 6.45) is 1.50. The van der Waals surface area contributed by atoms with Gasteiger partial charge in [0.05, 0.1) is 19.3 Å². The number of likely N-dealkylation sites (N-methyl/N-ethyl adjacent to an activating group) is 1. The number of hydrogen-bond donors (Lipinski definition) is 1. The minimum absolute atomic E-state index is 0.274. The molecular weight excluding hydrogens is 234 g/mol. The van der Waals surface area contributed by atoms with E-state index >= 15 is 0 Å². The highest BCUT2D eigenvalue weighted by molar-refractivity contribution is 8.13. The van der Waals surface area contributed by atoms with Gasteiger partial charge in [-0.1, -0.05) is 18.7 Å². The Morgan fingerprint density at radius 3 is 3.24 bits per heavy atom. The summed E-state index contributed by atoms with van der Waals surface area (Å²) in [5, 5.41) is 4.52. The maximum absolute atomic E-state index is 5.74. The molecule has 0 spiro atoms. The fraction of sp³-hybridized carbons (Fsp3) is 0.917. The molecule has 2 aliphatic heterocycles. The van der Waals surface area contributed by atoms with E-state index in [1.165, 1.54) is 12.2 Å². The highest BCUT2D eigenvalue weighted by Gasteiger charge is 2.19. The monoisotopic (exact) mass is 257 g/mol. The van der Waals surface area contributed by atoms with Crippen molar-refractivity contribution in [3.05, 3.63) is 0 Å². The van der Waals surface area contributed by atoms with Crippen molar-refractivity contribution in [2.45, 2.75) is 32.4 Å². The third-order valence-corrected chi connectivity index (χ3v) is 4.23. The molecule has 0 aromatic carbocycles. The van der Waals surface area contributed by atoms with Crippen LogP contribution in [0.5, 0.6) is 0 Å². The maximum Gasteiger partial charge on any atom is 0.156 e. The molecule has 2 atom stereocenters. The van der Waals surface area contributed by atoms with Gasteiger partial charge in [0.25, 0.3) is 0 Å². The van der Waals surface area contributed by atoms with Gasteiger partial charge >= 0.3 is 0 Å². The Kier molecular flexibility index (Phi) is 5.13. The van der Waals surface area contributed by atoms with Gasteiger partial charge < -0.3 is 10.1 Å². The number of aliphatic imine (C=N–C) groups is 1. The zero-order chi connectivity index (χ0) is 12.1. The third kappa shape index (κ3) is 4.16. The Hall–Kier alpha value is -0.260. The number of amidine groups is 1. The number of ether oxygens (including phenoxy) is 1. The number of nitrogens with zero attached hydrogens (tertiary/aromatic N) is 2. The first-order valence-corrected chi connectivity index (χ1v) is 7.54. The second kappa shape index (κ2) is 6.61. The molecule has 2 rings (SSSR count). The zero-order valence-corrected chi connectivity index (χ0v) is 11.6. The van der Waals surface area contributed by atoms with Crippen LogP contribution in [0.3, 0.4) is 0 Å². The molecule has 0 radical (unpaired) electrons. The fourth-order valence-corrected chi connectivity index (χ4v) is 3.23. The van der Waals surface area contributed by atoms with E-state index in [2.05, 4.69) is 29.1 Å². The van der Waals surface area contributed by atoms with E-state index in [1.54, 1.807) is 0 Å². The molecule has 1 N–H and O–H groups in total. The topological polar surface area (TPSA) is 36.9 Å². The minimum Gasteiger partial charge on any atom is -0.374 e. The van der Waals surface area contributed by atoms with Gasteiger partial charge in [0.15, 0.2) is 5.17 Å². The number of nitrogens with one attached hydrogen (secondary N) is 1. The number of morpholine rings is 1. The Balaban J connectivity index is 1.78. The van der Waals surface area contributed by atoms with Crippen LogP contribution in [0.1, 0.15) is 20.3 Å². The van der Waals surface area contributed by atoms with E-state index < -0.39 is 0 Å². The van der Waals surface area contributed by atoms with Gasteiger partial charge in [-0.15, -0.1) is 0 Å². The summed E-state index contributed by atoms with van der Waals surface area (Å²) in [4.78, 5) is 7.07. The normalized spacial score (nSPS) is 33.6. The van der Waals surface area contributed by atoms with E-state index in [9.17, 15) is 0 Å². The zero-order valence-electron chi connectivity index (χ0n) is 10.8. The first kappa shape index (κ1) is 13.2. The number of rotatable bonds is 3. The molecule has 5 heteroatoms. The van der Waals surface area contributed by atoms with Crippen molar-refractivity contribution in [1.29, 1.82) is 0 Å². The van der Waals surface area contributed by atoms with Crippen LogP contribution in [0, 0.1) is 0 Å². The molecule has 4 nitrogen and oxygen atoms in total. The van der Waals surface area contributed by atoms with Gasteiger partial charge in [-0.2, -0.15) is 0 Å². The summed E-state index contributed by atoms with van der Waals surface area (Å²) in [7, 11) is 0. The second-order valence-electron chi connectivity index (χ2n) is 4.71. The van der Waals surface area contributed by atoms with Crippen LogP contribution in [-0.4, -0.2) is 60.8 Å². The van der Waals surface area contributed by atoms with Crippen molar-refractivity contribution in [2.75, 3.05) is 38.5 Å². The number of hydrogen-bond acceptors (Lipinski definition) is 4. The minimum atomic E-state index is 0.274. The molecule has 0 saturated carbocycles. The van der Waals surface area contributed by atoms with Gasteiger partial charge in [-0.25, -0.2) is 0 Å². The highest BCUT2D eigenvalue weighted by atomic mass is 32.2. The van der Waals surface area contributed by atoms with Gasteiger partial charge in [0.1, 0.15) is 0 Å². The summed E-state index contributed by atoms with van der Waals surface area (Å²) in [5.74, 6) is 1.18. The highest BCUT2D eigenvalue weighted by Crippen LogP contribution is 2.14. The first-order valence-electron chi connectivity index (χ1n) is 6.55. The van der Waals surface area contributed by atoms with E-state index in [4.69, 9.17) is 4.74 Å². The third-order valence-electron chi connectivity index (χ3n) is 3.27. The quantitative estimate of drug-likeness (QED) is 0.824. The molecule has 2 fully saturated rings. The van der Waals surface area contributed by atoms with Crippen molar-refractivity contribution in [2.24, 2.45) is 4.99 Å². The lowest BCUT2D eigenvalue weighted by molar-refractivity contribution is -0.0209. The largest absolute Gasteiger partial charge is 0.374 e. The van der Waals surface area contributed by atoms with Crippen molar-refractivity contribution >= 4 is 16.9 Å². The van der Waals surface area contributed by atoms with Crippen molar-refractivity contribution in [1.82, 2.24) is 10.2 Å². The van der Waals surface area contributed by atoms with Crippen LogP contribution >= 0.6 is 11.8 Å². The second-order valence-corrected chi connectivity index (χ2v) is 5.80. The van der Waals surface area contributed by atoms with Crippen molar-refractivity contribution in [3.63, 3.8) is 0 Å². The fourth-order valence-electron chi connectivity index (χ4n) is 2.11. The average molecular weight is 257 g/mol. The van der Waals surface area contributed by atoms with Crippen LogP contribution in [-0.2, 0) is 4.74 Å². The van der Waals surface area contributed by atoms with Gasteiger partial charge in [-0.3, -0.25) is 9.89 Å². The Labute approximate surface area is 108 Å². The molecule has 2 unspecified atom stereocenters. The first-order chi connectivity index (χ1) is 8.28. The molecule has 2 heterocycles. The van der Waals surface area contributed by atoms with Crippen LogP contribution in [0.4, 0.5) is 0 Å². The maximum atomic E-state index is 5.74. The summed E-state index contributed by atoms with van der Waals surface area (Å²) >= 11 is 1.83. The van der Waals surface area contributed by atoms with E-state index in [0.717, 1.165) is 38.0 Å². The summed E-state index contributed by atoms with van der Waals surface area (Å²) in [6.45, 7) is 9.25. The average Bonchev–Trinajstić information content (AvgIpc) is 2.37. The van der Waals surface area contributed by atoms with Gasteiger partial charge in [0, 0.05) is 24.9 Å². The van der Waals surface area contributed by atoms with E-state index in [0.29, 0.717) is 6.04 Å². The van der Waals surface area contributed by atoms with Crippen LogP contribution < -0.4 is 5.32 Å². The molecule has 17 heavy (non-hydrogen) atoms. The van der Waals surface area contributed by atoms with E-state index in [1.807, 2.05) is 11.8 Å². The lowest BCUT2D eigenvalue weighted by atomic mass is 10.2. The Morgan fingerprint density at radius 2 is 2.47 bits per heavy atom. The molecule has 0 amide bonds. The molecule has 2 saturated heterocycles. The molecule has 0 bridgehead atoms. The Morgan fingerprint density at radius 1 is 1.59 bits per heavy atom. The van der Waals surface area contributed by atoms with Gasteiger partial charge in [0.2, 0.25) is 0 Å². The van der Waals surface area contributed by atoms with Gasteiger partial charge in [-0.05, 0) is 19.9 Å². The predicted octanol–water partition coefficient (Wildman–Crippen LogP) is 1.18. The lowest BCUT2D eigenvalue weighted by Crippen LogP contribution is -2.44. The smallest absolute Gasteiger partial charge is 0.156 e. The van der Waals surface area contributed by atoms with E-state index in [-0.39, 0.29) is 6.10 Å². The summed E-state index contributed by atoms with van der Waals surface area (Å²) < 4.78 is 5.74. The molecule has 0 aliphatic carbocycles. The van der Waals surface area contributed by atoms with Crippen LogP contribution in [0.2, 0.25) is 0 Å². The summed E-state index contributed by atoms with van der Waals surface area (Å²) in [6, 6.07) is 0.564. The van der Waals surface area contributed by atoms with Crippen LogP contribution in [0.25, 0.3) is 0 Å². The van der Waals surface area contributed by atoms with Crippen molar-refractivity contribution in [3.8, 4) is 0 Å². The lowest BCUT2D eigenvalue weighted by Gasteiger charge is -2.31. The molecule has 98 valence electrons. The SMILES string of the molecule is CCN1CCOC(CN=C2NC(C)CCS2)C1. The molecule has 2 aliphatic rings. The Bertz CT molecular complexity index is 272. The van der Waals surface area contributed by atoms with Crippen molar-refractivity contribution < 1.29 is 4.74 Å². The molecule has 0 aromatic rings. The standard InChI is InChI=1S/C12H23N3OS/c1-3-15-5-6-16-11(9-15)8-13-12-14-10(2)4-7-17-12/h10-11H,3-9H2,1-2H3,(H,13,14). The summed E-state index contributed by atoms with van der Waals surface area (Å²) in [5.41, 5.74) is 0. The number of thioether (sulfide) groups is 1. The molecule has 0 aromatic heterocycles. The van der Waals surface area contributed by atoms with Crippen LogP contribution in [0.15, 0.2) is 4.99 Å². The predicted molar refractivity (Wildman–Crippen MR) is 73.8 cm³/mol.